The molecule has 0 amide bonds. The Morgan fingerprint density at radius 2 is 1.54 bits per heavy atom. The summed E-state index contributed by atoms with van der Waals surface area (Å²) in [6.07, 6.45) is 12.4. The molecule has 0 spiro atoms. The molecule has 1 aromatic carbocycles. The van der Waals surface area contributed by atoms with Gasteiger partial charge in [-0.3, -0.25) is 4.79 Å². The normalized spacial score (nSPS) is 12.2. The van der Waals surface area contributed by atoms with E-state index in [0.717, 1.165) is 48.2 Å². The van der Waals surface area contributed by atoms with Crippen molar-refractivity contribution in [3.05, 3.63) is 64.8 Å². The maximum atomic E-state index is 11.0. The van der Waals surface area contributed by atoms with Crippen molar-refractivity contribution in [3.8, 4) is 0 Å². The van der Waals surface area contributed by atoms with Gasteiger partial charge in [-0.15, -0.1) is 11.8 Å². The lowest BCUT2D eigenvalue weighted by Gasteiger charge is -2.03. The van der Waals surface area contributed by atoms with E-state index in [4.69, 9.17) is 0 Å². The number of aldehydes is 1. The van der Waals surface area contributed by atoms with Gasteiger partial charge < -0.3 is 0 Å². The summed E-state index contributed by atoms with van der Waals surface area (Å²) in [6.45, 7) is 8.72. The van der Waals surface area contributed by atoms with Crippen molar-refractivity contribution in [2.24, 2.45) is 0 Å². The summed E-state index contributed by atoms with van der Waals surface area (Å²) in [7, 11) is 0. The molecule has 0 bridgehead atoms. The van der Waals surface area contributed by atoms with E-state index in [-0.39, 0.29) is 0 Å². The fourth-order valence-corrected chi connectivity index (χ4v) is 3.33. The second-order valence-electron chi connectivity index (χ2n) is 6.43. The monoisotopic (exact) mass is 342 g/mol. The Morgan fingerprint density at radius 3 is 2.21 bits per heavy atom. The van der Waals surface area contributed by atoms with E-state index in [1.807, 2.05) is 24.3 Å². The molecule has 1 aromatic rings. The number of carbonyl (C=O) groups is 1. The Morgan fingerprint density at radius 1 is 0.917 bits per heavy atom. The molecule has 1 nitrogen and oxygen atoms in total. The highest BCUT2D eigenvalue weighted by molar-refractivity contribution is 7.99. The van der Waals surface area contributed by atoms with Crippen molar-refractivity contribution in [1.29, 1.82) is 0 Å². The number of carbonyl (C=O) groups excluding carboxylic acids is 1. The lowest BCUT2D eigenvalue weighted by molar-refractivity contribution is 0.112. The average molecular weight is 343 g/mol. The van der Waals surface area contributed by atoms with E-state index in [1.165, 1.54) is 16.7 Å². The van der Waals surface area contributed by atoms with Crippen LogP contribution in [0.15, 0.2) is 64.1 Å². The molecule has 130 valence electrons. The summed E-state index contributed by atoms with van der Waals surface area (Å²) in [5.74, 6) is 0.917. The highest BCUT2D eigenvalue weighted by Crippen LogP contribution is 2.22. The summed E-state index contributed by atoms with van der Waals surface area (Å²) in [5, 5.41) is 0. The fourth-order valence-electron chi connectivity index (χ4n) is 2.32. The number of rotatable bonds is 10. The van der Waals surface area contributed by atoms with Crippen LogP contribution in [-0.2, 0) is 0 Å². The minimum Gasteiger partial charge on any atom is -0.298 e. The molecule has 0 saturated carbocycles. The third kappa shape index (κ3) is 8.93. The zero-order valence-electron chi connectivity index (χ0n) is 15.5. The van der Waals surface area contributed by atoms with E-state index in [2.05, 4.69) is 45.9 Å². The Balaban J connectivity index is 2.34. The molecule has 0 unspecified atom stereocenters. The number of benzene rings is 1. The van der Waals surface area contributed by atoms with Crippen LogP contribution in [0.2, 0.25) is 0 Å². The molecule has 0 atom stereocenters. The second kappa shape index (κ2) is 11.9. The van der Waals surface area contributed by atoms with Crippen LogP contribution < -0.4 is 0 Å². The smallest absolute Gasteiger partial charge is 0.151 e. The quantitative estimate of drug-likeness (QED) is 0.258. The van der Waals surface area contributed by atoms with E-state index < -0.39 is 0 Å². The summed E-state index contributed by atoms with van der Waals surface area (Å²) in [6, 6.07) is 7.76. The molecule has 0 aromatic heterocycles. The number of hydrogen-bond donors (Lipinski definition) is 0. The van der Waals surface area contributed by atoms with Gasteiger partial charge in [0.2, 0.25) is 0 Å². The highest BCUT2D eigenvalue weighted by Gasteiger charge is 1.99. The van der Waals surface area contributed by atoms with Crippen molar-refractivity contribution in [2.75, 3.05) is 5.75 Å². The van der Waals surface area contributed by atoms with Gasteiger partial charge in [0, 0.05) is 16.2 Å². The van der Waals surface area contributed by atoms with Crippen molar-refractivity contribution in [1.82, 2.24) is 0 Å². The topological polar surface area (TPSA) is 17.1 Å². The minimum atomic E-state index is 0.781. The summed E-state index contributed by atoms with van der Waals surface area (Å²) in [4.78, 5) is 12.1. The van der Waals surface area contributed by atoms with E-state index in [1.54, 1.807) is 11.8 Å². The van der Waals surface area contributed by atoms with Crippen LogP contribution in [0.4, 0.5) is 0 Å². The predicted octanol–water partition coefficient (Wildman–Crippen LogP) is 7.01. The summed E-state index contributed by atoms with van der Waals surface area (Å²) in [5.41, 5.74) is 5.08. The maximum Gasteiger partial charge on any atom is 0.151 e. The van der Waals surface area contributed by atoms with Crippen molar-refractivity contribution in [2.45, 2.75) is 58.3 Å². The van der Waals surface area contributed by atoms with Crippen LogP contribution in [0, 0.1) is 0 Å². The minimum absolute atomic E-state index is 0.781. The van der Waals surface area contributed by atoms with Gasteiger partial charge in [-0.1, -0.05) is 53.1 Å². The van der Waals surface area contributed by atoms with Crippen LogP contribution in [0.3, 0.4) is 0 Å². The molecular formula is C22H30OS. The van der Waals surface area contributed by atoms with Crippen LogP contribution in [0.25, 0.3) is 0 Å². The molecular weight excluding hydrogens is 312 g/mol. The zero-order chi connectivity index (χ0) is 17.8. The van der Waals surface area contributed by atoms with Crippen LogP contribution in [-0.4, -0.2) is 12.0 Å². The van der Waals surface area contributed by atoms with Crippen molar-refractivity contribution >= 4 is 18.0 Å². The van der Waals surface area contributed by atoms with Gasteiger partial charge >= 0.3 is 0 Å². The Bertz CT molecular complexity index is 604. The van der Waals surface area contributed by atoms with Gasteiger partial charge in [-0.25, -0.2) is 0 Å². The molecule has 1 rings (SSSR count). The molecule has 2 heteroatoms. The van der Waals surface area contributed by atoms with Crippen molar-refractivity contribution in [3.63, 3.8) is 0 Å². The van der Waals surface area contributed by atoms with E-state index in [9.17, 15) is 4.79 Å². The first-order valence-electron chi connectivity index (χ1n) is 8.64. The first kappa shape index (κ1) is 20.5. The van der Waals surface area contributed by atoms with E-state index >= 15 is 0 Å². The molecule has 0 aliphatic carbocycles. The number of thioether (sulfide) groups is 1. The fraction of sp³-hybridized carbons (Fsp3) is 0.409. The van der Waals surface area contributed by atoms with Crippen LogP contribution in [0.1, 0.15) is 63.7 Å². The lowest BCUT2D eigenvalue weighted by Crippen LogP contribution is -1.86. The largest absolute Gasteiger partial charge is 0.298 e. The third-order valence-electron chi connectivity index (χ3n) is 3.84. The second-order valence-corrected chi connectivity index (χ2v) is 7.49. The predicted molar refractivity (Wildman–Crippen MR) is 108 cm³/mol. The van der Waals surface area contributed by atoms with Gasteiger partial charge in [-0.2, -0.15) is 0 Å². The molecule has 0 saturated heterocycles. The molecule has 0 aliphatic rings. The van der Waals surface area contributed by atoms with Crippen LogP contribution in [0.5, 0.6) is 0 Å². The van der Waals surface area contributed by atoms with Gasteiger partial charge in [0.1, 0.15) is 0 Å². The van der Waals surface area contributed by atoms with Gasteiger partial charge in [0.05, 0.1) is 0 Å². The summed E-state index contributed by atoms with van der Waals surface area (Å²) >= 11 is 1.72. The highest BCUT2D eigenvalue weighted by atomic mass is 32.2. The maximum absolute atomic E-state index is 11.0. The Hall–Kier alpha value is -1.54. The molecule has 0 radical (unpaired) electrons. The van der Waals surface area contributed by atoms with Crippen LogP contribution >= 0.6 is 11.8 Å². The average Bonchev–Trinajstić information content (AvgIpc) is 2.55. The number of allylic oxidation sites excluding steroid dienone is 5. The molecule has 0 heterocycles. The first-order valence-corrected chi connectivity index (χ1v) is 9.63. The standard InChI is InChI=1S/C22H30OS/c1-18(2)9-7-10-19(3)11-8-12-20(4)15-16-24-22-14-6-5-13-21(22)17-23/h5-6,9,11,13-15,17H,7-8,10,12,16H2,1-4H3/b19-11+,20-15+. The lowest BCUT2D eigenvalue weighted by atomic mass is 10.1. The molecule has 0 N–H and O–H groups in total. The Labute approximate surface area is 151 Å². The van der Waals surface area contributed by atoms with Gasteiger partial charge in [-0.05, 0) is 59.4 Å². The Kier molecular flexibility index (Phi) is 10.2. The molecule has 0 aliphatic heterocycles. The van der Waals surface area contributed by atoms with Crippen molar-refractivity contribution < 1.29 is 4.79 Å². The SMILES string of the molecule is CC(C)=CCC/C(C)=C/CC/C(C)=C/CSc1ccccc1C=O. The number of hydrogen-bond acceptors (Lipinski definition) is 2. The molecule has 0 fully saturated rings. The first-order chi connectivity index (χ1) is 11.5. The zero-order valence-corrected chi connectivity index (χ0v) is 16.3. The summed E-state index contributed by atoms with van der Waals surface area (Å²) < 4.78 is 0. The molecule has 24 heavy (non-hydrogen) atoms. The third-order valence-corrected chi connectivity index (χ3v) is 4.86. The van der Waals surface area contributed by atoms with Gasteiger partial charge in [0.25, 0.3) is 0 Å². The van der Waals surface area contributed by atoms with Gasteiger partial charge in [0.15, 0.2) is 6.29 Å². The van der Waals surface area contributed by atoms with E-state index in [0.29, 0.717) is 0 Å².